The molecule has 5 nitrogen and oxygen atoms in total. The molecule has 0 aliphatic rings. The standard InChI is InChI=1S/C18H17N.C15H16N4/c1-13(2)16-10-6-9-15-11-18(19-12-17(15)16)14-7-4-3-5-8-14;1-10(2)12-5-4-6-14-13(12)8-16-15(18-14)11-7-17-19(3)9-11/h3-13H,1-2H3;4-10H,1-3H3. The monoisotopic (exact) mass is 499 g/mol. The van der Waals surface area contributed by atoms with Crippen molar-refractivity contribution in [1.82, 2.24) is 24.7 Å². The number of fused-ring (bicyclic) bond motifs is 2. The van der Waals surface area contributed by atoms with E-state index in [4.69, 9.17) is 0 Å². The lowest BCUT2D eigenvalue weighted by atomic mass is 9.96. The van der Waals surface area contributed by atoms with Crippen LogP contribution < -0.4 is 0 Å². The van der Waals surface area contributed by atoms with Crippen LogP contribution in [0.2, 0.25) is 0 Å². The van der Waals surface area contributed by atoms with E-state index < -0.39 is 0 Å². The molecule has 38 heavy (non-hydrogen) atoms. The summed E-state index contributed by atoms with van der Waals surface area (Å²) in [5.74, 6) is 1.71. The molecule has 6 rings (SSSR count). The van der Waals surface area contributed by atoms with Gasteiger partial charge in [0.05, 0.1) is 23.0 Å². The molecule has 0 bridgehead atoms. The number of aromatic nitrogens is 5. The van der Waals surface area contributed by atoms with Crippen molar-refractivity contribution in [3.05, 3.63) is 109 Å². The van der Waals surface area contributed by atoms with Crippen molar-refractivity contribution in [2.45, 2.75) is 39.5 Å². The molecule has 0 radical (unpaired) electrons. The summed E-state index contributed by atoms with van der Waals surface area (Å²) in [5.41, 5.74) is 6.78. The Balaban J connectivity index is 0.000000155. The van der Waals surface area contributed by atoms with Gasteiger partial charge in [0, 0.05) is 42.0 Å². The fourth-order valence-corrected chi connectivity index (χ4v) is 4.72. The Morgan fingerprint density at radius 1 is 0.658 bits per heavy atom. The van der Waals surface area contributed by atoms with Gasteiger partial charge in [0.15, 0.2) is 5.82 Å². The average Bonchev–Trinajstić information content (AvgIpc) is 3.38. The molecule has 0 unspecified atom stereocenters. The Labute approximate surface area is 224 Å². The van der Waals surface area contributed by atoms with Crippen molar-refractivity contribution in [3.63, 3.8) is 0 Å². The van der Waals surface area contributed by atoms with Crippen LogP contribution in [0.25, 0.3) is 44.3 Å². The second-order valence-corrected chi connectivity index (χ2v) is 10.2. The molecule has 3 aromatic carbocycles. The Morgan fingerprint density at radius 2 is 1.34 bits per heavy atom. The first-order chi connectivity index (χ1) is 18.4. The predicted octanol–water partition coefficient (Wildman–Crippen LogP) is 8.18. The summed E-state index contributed by atoms with van der Waals surface area (Å²) in [6.07, 6.45) is 7.63. The third kappa shape index (κ3) is 5.32. The SMILES string of the molecule is CC(C)c1cccc2cc(-c3ccccc3)ncc12.CC(C)c1cccc2nc(-c3cnn(C)c3)ncc12. The zero-order chi connectivity index (χ0) is 26.6. The fraction of sp³-hybridized carbons (Fsp3) is 0.212. The highest BCUT2D eigenvalue weighted by atomic mass is 15.2. The summed E-state index contributed by atoms with van der Waals surface area (Å²) in [6.45, 7) is 8.81. The van der Waals surface area contributed by atoms with Gasteiger partial charge < -0.3 is 0 Å². The van der Waals surface area contributed by atoms with Gasteiger partial charge in [-0.25, -0.2) is 9.97 Å². The lowest BCUT2D eigenvalue weighted by molar-refractivity contribution is 0.768. The Bertz CT molecular complexity index is 1680. The molecule has 0 atom stereocenters. The van der Waals surface area contributed by atoms with E-state index in [0.717, 1.165) is 28.0 Å². The molecule has 5 heteroatoms. The van der Waals surface area contributed by atoms with Gasteiger partial charge >= 0.3 is 0 Å². The Hall–Kier alpha value is -4.38. The first-order valence-corrected chi connectivity index (χ1v) is 13.1. The number of hydrogen-bond acceptors (Lipinski definition) is 4. The number of pyridine rings is 1. The number of benzene rings is 3. The molecule has 3 heterocycles. The van der Waals surface area contributed by atoms with Crippen LogP contribution in [0.15, 0.2) is 97.6 Å². The average molecular weight is 500 g/mol. The van der Waals surface area contributed by atoms with E-state index in [1.165, 1.54) is 27.5 Å². The van der Waals surface area contributed by atoms with Gasteiger partial charge in [-0.1, -0.05) is 88.4 Å². The minimum atomic E-state index is 0.469. The molecule has 0 N–H and O–H groups in total. The van der Waals surface area contributed by atoms with Gasteiger partial charge in [-0.3, -0.25) is 9.67 Å². The number of hydrogen-bond donors (Lipinski definition) is 0. The van der Waals surface area contributed by atoms with Crippen LogP contribution in [0.3, 0.4) is 0 Å². The fourth-order valence-electron chi connectivity index (χ4n) is 4.72. The quantitative estimate of drug-likeness (QED) is 0.245. The normalized spacial score (nSPS) is 11.2. The van der Waals surface area contributed by atoms with Crippen LogP contribution >= 0.6 is 0 Å². The molecule has 3 aromatic heterocycles. The summed E-state index contributed by atoms with van der Waals surface area (Å²) >= 11 is 0. The molecule has 0 aliphatic heterocycles. The van der Waals surface area contributed by atoms with E-state index in [-0.39, 0.29) is 0 Å². The van der Waals surface area contributed by atoms with Crippen LogP contribution in [0.4, 0.5) is 0 Å². The van der Waals surface area contributed by atoms with E-state index in [9.17, 15) is 0 Å². The third-order valence-electron chi connectivity index (χ3n) is 6.73. The second kappa shape index (κ2) is 10.9. The number of nitrogens with zero attached hydrogens (tertiary/aromatic N) is 5. The van der Waals surface area contributed by atoms with Crippen molar-refractivity contribution in [3.8, 4) is 22.6 Å². The Morgan fingerprint density at radius 3 is 2.03 bits per heavy atom. The van der Waals surface area contributed by atoms with Gasteiger partial charge in [-0.2, -0.15) is 5.10 Å². The molecule has 0 fully saturated rings. The molecular weight excluding hydrogens is 466 g/mol. The summed E-state index contributed by atoms with van der Waals surface area (Å²) < 4.78 is 1.76. The molecule has 190 valence electrons. The zero-order valence-electron chi connectivity index (χ0n) is 22.6. The highest BCUT2D eigenvalue weighted by Gasteiger charge is 2.10. The molecule has 6 aromatic rings. The molecule has 0 saturated carbocycles. The smallest absolute Gasteiger partial charge is 0.162 e. The second-order valence-electron chi connectivity index (χ2n) is 10.2. The topological polar surface area (TPSA) is 56.5 Å². The van der Waals surface area contributed by atoms with Gasteiger partial charge in [-0.15, -0.1) is 0 Å². The van der Waals surface area contributed by atoms with Crippen LogP contribution in [0.5, 0.6) is 0 Å². The Kier molecular flexibility index (Phi) is 7.27. The van der Waals surface area contributed by atoms with Gasteiger partial charge in [0.2, 0.25) is 0 Å². The summed E-state index contributed by atoms with van der Waals surface area (Å²) in [5, 5.41) is 7.81. The minimum Gasteiger partial charge on any atom is -0.275 e. The molecule has 0 spiro atoms. The first-order valence-electron chi connectivity index (χ1n) is 13.1. The highest BCUT2D eigenvalue weighted by Crippen LogP contribution is 2.28. The maximum absolute atomic E-state index is 4.64. The van der Waals surface area contributed by atoms with Crippen molar-refractivity contribution in [2.24, 2.45) is 7.05 Å². The lowest BCUT2D eigenvalue weighted by Gasteiger charge is -2.10. The summed E-state index contributed by atoms with van der Waals surface area (Å²) in [6, 6.07) is 25.2. The van der Waals surface area contributed by atoms with Crippen molar-refractivity contribution >= 4 is 21.7 Å². The molecule has 0 amide bonds. The third-order valence-corrected chi connectivity index (χ3v) is 6.73. The van der Waals surface area contributed by atoms with E-state index >= 15 is 0 Å². The van der Waals surface area contributed by atoms with Gasteiger partial charge in [-0.05, 0) is 40.5 Å². The zero-order valence-corrected chi connectivity index (χ0v) is 22.6. The predicted molar refractivity (Wildman–Crippen MR) is 157 cm³/mol. The highest BCUT2D eigenvalue weighted by molar-refractivity contribution is 5.88. The van der Waals surface area contributed by atoms with Crippen LogP contribution in [0.1, 0.15) is 50.7 Å². The van der Waals surface area contributed by atoms with Crippen molar-refractivity contribution < 1.29 is 0 Å². The maximum atomic E-state index is 4.64. The van der Waals surface area contributed by atoms with Crippen LogP contribution in [0, 0.1) is 0 Å². The van der Waals surface area contributed by atoms with Crippen LogP contribution in [-0.2, 0) is 7.05 Å². The number of aryl methyl sites for hydroxylation is 1. The van der Waals surface area contributed by atoms with Gasteiger partial charge in [0.1, 0.15) is 0 Å². The van der Waals surface area contributed by atoms with Gasteiger partial charge in [0.25, 0.3) is 0 Å². The van der Waals surface area contributed by atoms with Crippen molar-refractivity contribution in [2.75, 3.05) is 0 Å². The van der Waals surface area contributed by atoms with E-state index in [1.807, 2.05) is 49.9 Å². The summed E-state index contributed by atoms with van der Waals surface area (Å²) in [7, 11) is 1.89. The maximum Gasteiger partial charge on any atom is 0.162 e. The van der Waals surface area contributed by atoms with Crippen molar-refractivity contribution in [1.29, 1.82) is 0 Å². The minimum absolute atomic E-state index is 0.469. The lowest BCUT2D eigenvalue weighted by Crippen LogP contribution is -1.94. The van der Waals surface area contributed by atoms with E-state index in [1.54, 1.807) is 10.9 Å². The molecule has 0 aliphatic carbocycles. The summed E-state index contributed by atoms with van der Waals surface area (Å²) in [4.78, 5) is 13.7. The molecular formula is C33H33N5. The van der Waals surface area contributed by atoms with Crippen LogP contribution in [-0.4, -0.2) is 24.7 Å². The van der Waals surface area contributed by atoms with E-state index in [0.29, 0.717) is 11.8 Å². The van der Waals surface area contributed by atoms with E-state index in [2.05, 4.69) is 96.3 Å². The largest absolute Gasteiger partial charge is 0.275 e. The first kappa shape index (κ1) is 25.3. The number of rotatable bonds is 4. The molecule has 0 saturated heterocycles.